The fourth-order valence-corrected chi connectivity index (χ4v) is 1.85. The van der Waals surface area contributed by atoms with Crippen LogP contribution in [0.5, 0.6) is 0 Å². The van der Waals surface area contributed by atoms with E-state index in [1.165, 1.54) is 18.4 Å². The zero-order valence-electron chi connectivity index (χ0n) is 9.11. The van der Waals surface area contributed by atoms with Gasteiger partial charge in [0.2, 0.25) is 0 Å². The lowest BCUT2D eigenvalue weighted by Gasteiger charge is -2.12. The van der Waals surface area contributed by atoms with Gasteiger partial charge in [-0.05, 0) is 30.2 Å². The van der Waals surface area contributed by atoms with Crippen LogP contribution in [0.25, 0.3) is 0 Å². The van der Waals surface area contributed by atoms with Crippen LogP contribution >= 0.6 is 0 Å². The molecule has 1 aromatic carbocycles. The van der Waals surface area contributed by atoms with Crippen molar-refractivity contribution in [1.29, 1.82) is 0 Å². The van der Waals surface area contributed by atoms with E-state index in [1.54, 1.807) is 0 Å². The van der Waals surface area contributed by atoms with E-state index in [1.807, 2.05) is 12.1 Å². The van der Waals surface area contributed by atoms with Crippen molar-refractivity contribution in [3.8, 4) is 0 Å². The lowest BCUT2D eigenvalue weighted by molar-refractivity contribution is 0.0789. The average Bonchev–Trinajstić information content (AvgIpc) is 3.00. The van der Waals surface area contributed by atoms with Crippen LogP contribution in [-0.4, -0.2) is 6.61 Å². The van der Waals surface area contributed by atoms with Crippen LogP contribution in [0.4, 0.5) is 0 Å². The van der Waals surface area contributed by atoms with Crippen LogP contribution in [0, 0.1) is 5.41 Å². The van der Waals surface area contributed by atoms with E-state index in [9.17, 15) is 0 Å². The Morgan fingerprint density at radius 1 is 1.27 bits per heavy atom. The summed E-state index contributed by atoms with van der Waals surface area (Å²) in [4.78, 5) is 0. The lowest BCUT2D eigenvalue weighted by Crippen LogP contribution is -2.09. The second kappa shape index (κ2) is 4.63. The number of allylic oxidation sites excluding steroid dienone is 1. The van der Waals surface area contributed by atoms with Gasteiger partial charge in [-0.2, -0.15) is 0 Å². The molecule has 0 saturated heterocycles. The standard InChI is InChI=1S/C14H18O/c1-2-8-14(9-10-14)12-15-11-13-6-4-3-5-7-13/h2-7H,1,8-12H2. The maximum absolute atomic E-state index is 5.75. The third-order valence-corrected chi connectivity index (χ3v) is 3.05. The van der Waals surface area contributed by atoms with Crippen molar-refractivity contribution in [2.24, 2.45) is 5.41 Å². The smallest absolute Gasteiger partial charge is 0.0717 e. The Morgan fingerprint density at radius 3 is 2.60 bits per heavy atom. The van der Waals surface area contributed by atoms with E-state index < -0.39 is 0 Å². The maximum atomic E-state index is 5.75. The van der Waals surface area contributed by atoms with Crippen molar-refractivity contribution in [3.05, 3.63) is 48.6 Å². The van der Waals surface area contributed by atoms with Crippen molar-refractivity contribution < 1.29 is 4.74 Å². The van der Waals surface area contributed by atoms with Crippen LogP contribution < -0.4 is 0 Å². The van der Waals surface area contributed by atoms with Crippen LogP contribution in [0.2, 0.25) is 0 Å². The SMILES string of the molecule is C=CCC1(COCc2ccccc2)CC1. The summed E-state index contributed by atoms with van der Waals surface area (Å²) in [6.07, 6.45) is 5.71. The molecule has 1 fully saturated rings. The largest absolute Gasteiger partial charge is 0.376 e. The van der Waals surface area contributed by atoms with Gasteiger partial charge in [0, 0.05) is 0 Å². The predicted octanol–water partition coefficient (Wildman–Crippen LogP) is 3.56. The number of benzene rings is 1. The van der Waals surface area contributed by atoms with Gasteiger partial charge < -0.3 is 4.74 Å². The van der Waals surface area contributed by atoms with Crippen molar-refractivity contribution in [3.63, 3.8) is 0 Å². The maximum Gasteiger partial charge on any atom is 0.0717 e. The van der Waals surface area contributed by atoms with Gasteiger partial charge in [-0.3, -0.25) is 0 Å². The first kappa shape index (κ1) is 10.4. The first-order valence-corrected chi connectivity index (χ1v) is 5.57. The van der Waals surface area contributed by atoms with E-state index >= 15 is 0 Å². The minimum atomic E-state index is 0.441. The van der Waals surface area contributed by atoms with Gasteiger partial charge in [0.25, 0.3) is 0 Å². The molecule has 0 amide bonds. The Bertz CT molecular complexity index is 311. The van der Waals surface area contributed by atoms with Gasteiger partial charge in [-0.1, -0.05) is 36.4 Å². The molecule has 0 atom stereocenters. The molecule has 1 saturated carbocycles. The van der Waals surface area contributed by atoms with Crippen molar-refractivity contribution in [2.75, 3.05) is 6.61 Å². The van der Waals surface area contributed by atoms with Gasteiger partial charge in [-0.25, -0.2) is 0 Å². The van der Waals surface area contributed by atoms with E-state index in [4.69, 9.17) is 4.74 Å². The molecule has 1 nitrogen and oxygen atoms in total. The van der Waals surface area contributed by atoms with Crippen molar-refractivity contribution >= 4 is 0 Å². The molecule has 1 aromatic rings. The van der Waals surface area contributed by atoms with Gasteiger partial charge in [0.05, 0.1) is 13.2 Å². The summed E-state index contributed by atoms with van der Waals surface area (Å²) in [7, 11) is 0. The van der Waals surface area contributed by atoms with Crippen LogP contribution in [0.15, 0.2) is 43.0 Å². The minimum absolute atomic E-state index is 0.441. The summed E-state index contributed by atoms with van der Waals surface area (Å²) >= 11 is 0. The van der Waals surface area contributed by atoms with Gasteiger partial charge in [-0.15, -0.1) is 6.58 Å². The molecule has 0 aliphatic heterocycles. The Kier molecular flexibility index (Phi) is 3.22. The number of hydrogen-bond acceptors (Lipinski definition) is 1. The molecule has 80 valence electrons. The van der Waals surface area contributed by atoms with Crippen LogP contribution in [-0.2, 0) is 11.3 Å². The zero-order chi connectivity index (χ0) is 10.6. The van der Waals surface area contributed by atoms with Crippen LogP contribution in [0.1, 0.15) is 24.8 Å². The molecule has 0 N–H and O–H groups in total. The van der Waals surface area contributed by atoms with Gasteiger partial charge in [0.15, 0.2) is 0 Å². The molecule has 1 aliphatic carbocycles. The van der Waals surface area contributed by atoms with E-state index in [0.717, 1.165) is 19.6 Å². The normalized spacial score (nSPS) is 17.3. The minimum Gasteiger partial charge on any atom is -0.376 e. The van der Waals surface area contributed by atoms with Gasteiger partial charge >= 0.3 is 0 Å². The Hall–Kier alpha value is -1.08. The van der Waals surface area contributed by atoms with Crippen LogP contribution in [0.3, 0.4) is 0 Å². The third-order valence-electron chi connectivity index (χ3n) is 3.05. The Labute approximate surface area is 91.8 Å². The summed E-state index contributed by atoms with van der Waals surface area (Å²) < 4.78 is 5.75. The van der Waals surface area contributed by atoms with Crippen molar-refractivity contribution in [2.45, 2.75) is 25.9 Å². The van der Waals surface area contributed by atoms with E-state index in [-0.39, 0.29) is 0 Å². The topological polar surface area (TPSA) is 9.23 Å². The molecular weight excluding hydrogens is 184 g/mol. The summed E-state index contributed by atoms with van der Waals surface area (Å²) in [5.74, 6) is 0. The molecule has 0 unspecified atom stereocenters. The molecule has 1 aliphatic rings. The molecular formula is C14H18O. The first-order chi connectivity index (χ1) is 7.35. The number of hydrogen-bond donors (Lipinski definition) is 0. The summed E-state index contributed by atoms with van der Waals surface area (Å²) in [5.41, 5.74) is 1.70. The second-order valence-corrected chi connectivity index (χ2v) is 4.47. The highest BCUT2D eigenvalue weighted by molar-refractivity contribution is 5.13. The number of rotatable bonds is 6. The highest BCUT2D eigenvalue weighted by Crippen LogP contribution is 2.49. The molecule has 0 spiro atoms. The van der Waals surface area contributed by atoms with Crippen molar-refractivity contribution in [1.82, 2.24) is 0 Å². The molecule has 15 heavy (non-hydrogen) atoms. The fraction of sp³-hybridized carbons (Fsp3) is 0.429. The number of ether oxygens (including phenoxy) is 1. The van der Waals surface area contributed by atoms with E-state index in [2.05, 4.69) is 30.8 Å². The fourth-order valence-electron chi connectivity index (χ4n) is 1.85. The third kappa shape index (κ3) is 2.93. The second-order valence-electron chi connectivity index (χ2n) is 4.47. The summed E-state index contributed by atoms with van der Waals surface area (Å²) in [6, 6.07) is 10.3. The molecule has 0 heterocycles. The Balaban J connectivity index is 1.73. The molecule has 1 heteroatoms. The quantitative estimate of drug-likeness (QED) is 0.641. The average molecular weight is 202 g/mol. The highest BCUT2D eigenvalue weighted by Gasteiger charge is 2.41. The molecule has 2 rings (SSSR count). The highest BCUT2D eigenvalue weighted by atomic mass is 16.5. The molecule has 0 radical (unpaired) electrons. The summed E-state index contributed by atoms with van der Waals surface area (Å²) in [5, 5.41) is 0. The molecule has 0 bridgehead atoms. The molecule has 0 aromatic heterocycles. The summed E-state index contributed by atoms with van der Waals surface area (Å²) in [6.45, 7) is 5.42. The lowest BCUT2D eigenvalue weighted by atomic mass is 10.0. The van der Waals surface area contributed by atoms with E-state index in [0.29, 0.717) is 5.41 Å². The Morgan fingerprint density at radius 2 is 2.00 bits per heavy atom. The first-order valence-electron chi connectivity index (χ1n) is 5.57. The monoisotopic (exact) mass is 202 g/mol. The predicted molar refractivity (Wildman–Crippen MR) is 62.6 cm³/mol. The van der Waals surface area contributed by atoms with Gasteiger partial charge in [0.1, 0.15) is 0 Å². The zero-order valence-corrected chi connectivity index (χ0v) is 9.11.